The maximum atomic E-state index is 12.7. The third kappa shape index (κ3) is 3.35. The smallest absolute Gasteiger partial charge is 0.255 e. The molecule has 0 spiro atoms. The number of nitrogens with zero attached hydrogens (tertiary/aromatic N) is 2. The zero-order valence-corrected chi connectivity index (χ0v) is 13.3. The molecule has 3 rings (SSSR count). The highest BCUT2D eigenvalue weighted by molar-refractivity contribution is 5.94. The minimum Gasteiger partial charge on any atom is -0.372 e. The monoisotopic (exact) mass is 312 g/mol. The number of benzene rings is 1. The molecule has 1 saturated heterocycles. The number of amides is 1. The summed E-state index contributed by atoms with van der Waals surface area (Å²) in [6.45, 7) is 5.04. The lowest BCUT2D eigenvalue weighted by Gasteiger charge is -2.35. The Morgan fingerprint density at radius 2 is 1.70 bits per heavy atom. The van der Waals surface area contributed by atoms with Crippen LogP contribution in [0.2, 0.25) is 0 Å². The van der Waals surface area contributed by atoms with Crippen molar-refractivity contribution in [2.24, 2.45) is 0 Å². The summed E-state index contributed by atoms with van der Waals surface area (Å²) >= 11 is 0. The van der Waals surface area contributed by atoms with Crippen LogP contribution in [0.4, 0.5) is 0 Å². The minimum atomic E-state index is -0.156. The van der Waals surface area contributed by atoms with Gasteiger partial charge in [-0.1, -0.05) is 18.2 Å². The van der Waals surface area contributed by atoms with Crippen LogP contribution in [0.3, 0.4) is 0 Å². The molecule has 1 amide bonds. The summed E-state index contributed by atoms with van der Waals surface area (Å²) in [7, 11) is 0. The minimum absolute atomic E-state index is 0.0164. The maximum absolute atomic E-state index is 12.7. The van der Waals surface area contributed by atoms with Gasteiger partial charge >= 0.3 is 0 Å². The van der Waals surface area contributed by atoms with Crippen LogP contribution in [0.1, 0.15) is 24.2 Å². The third-order valence-electron chi connectivity index (χ3n) is 3.90. The number of ether oxygens (including phenoxy) is 1. The molecule has 0 saturated carbocycles. The highest BCUT2D eigenvalue weighted by Gasteiger charge is 2.26. The van der Waals surface area contributed by atoms with Crippen molar-refractivity contribution < 1.29 is 9.53 Å². The normalized spacial score (nSPS) is 21.2. The lowest BCUT2D eigenvalue weighted by Crippen LogP contribution is -2.48. The topological polar surface area (TPSA) is 51.5 Å². The highest BCUT2D eigenvalue weighted by Crippen LogP contribution is 2.14. The van der Waals surface area contributed by atoms with Crippen molar-refractivity contribution in [2.45, 2.75) is 26.1 Å². The fourth-order valence-electron chi connectivity index (χ4n) is 2.93. The summed E-state index contributed by atoms with van der Waals surface area (Å²) < 4.78 is 7.17. The van der Waals surface area contributed by atoms with E-state index in [0.717, 1.165) is 5.69 Å². The molecule has 0 radical (unpaired) electrons. The standard InChI is InChI=1S/C18H20N2O3/c1-13-10-19(11-14(2)23-13)18(22)15-8-9-17(21)20(12-15)16-6-4-3-5-7-16/h3-9,12-14H,10-11H2,1-2H3. The molecule has 23 heavy (non-hydrogen) atoms. The molecule has 1 aromatic carbocycles. The quantitative estimate of drug-likeness (QED) is 0.853. The Balaban J connectivity index is 1.92. The van der Waals surface area contributed by atoms with Gasteiger partial charge in [-0.15, -0.1) is 0 Å². The zero-order chi connectivity index (χ0) is 16.4. The first kappa shape index (κ1) is 15.5. The molecule has 2 heterocycles. The van der Waals surface area contributed by atoms with Gasteiger partial charge in [0.1, 0.15) is 0 Å². The van der Waals surface area contributed by atoms with Crippen LogP contribution >= 0.6 is 0 Å². The summed E-state index contributed by atoms with van der Waals surface area (Å²) in [6, 6.07) is 12.3. The zero-order valence-electron chi connectivity index (χ0n) is 13.3. The first-order chi connectivity index (χ1) is 11.0. The molecule has 2 atom stereocenters. The fourth-order valence-corrected chi connectivity index (χ4v) is 2.93. The number of aromatic nitrogens is 1. The van der Waals surface area contributed by atoms with Crippen LogP contribution in [0.15, 0.2) is 53.5 Å². The molecule has 120 valence electrons. The number of hydrogen-bond donors (Lipinski definition) is 0. The summed E-state index contributed by atoms with van der Waals surface area (Å²) in [5, 5.41) is 0. The van der Waals surface area contributed by atoms with Crippen molar-refractivity contribution in [3.63, 3.8) is 0 Å². The van der Waals surface area contributed by atoms with E-state index < -0.39 is 0 Å². The number of para-hydroxylation sites is 1. The van der Waals surface area contributed by atoms with E-state index in [2.05, 4.69) is 0 Å². The Labute approximate surface area is 135 Å². The molecule has 2 aromatic rings. The predicted molar refractivity (Wildman–Crippen MR) is 88.0 cm³/mol. The number of hydrogen-bond acceptors (Lipinski definition) is 3. The maximum Gasteiger partial charge on any atom is 0.255 e. The average Bonchev–Trinajstić information content (AvgIpc) is 2.54. The Hall–Kier alpha value is -2.40. The summed E-state index contributed by atoms with van der Waals surface area (Å²) in [5.41, 5.74) is 1.10. The molecule has 1 fully saturated rings. The SMILES string of the molecule is CC1CN(C(=O)c2ccc(=O)n(-c3ccccc3)c2)CC(C)O1. The van der Waals surface area contributed by atoms with E-state index in [0.29, 0.717) is 18.7 Å². The van der Waals surface area contributed by atoms with Gasteiger partial charge in [0.25, 0.3) is 11.5 Å². The van der Waals surface area contributed by atoms with Crippen molar-refractivity contribution in [1.82, 2.24) is 9.47 Å². The lowest BCUT2D eigenvalue weighted by atomic mass is 10.2. The second-order valence-electron chi connectivity index (χ2n) is 5.93. The van der Waals surface area contributed by atoms with Crippen molar-refractivity contribution in [3.05, 3.63) is 64.6 Å². The molecule has 5 nitrogen and oxygen atoms in total. The predicted octanol–water partition coefficient (Wildman–Crippen LogP) is 2.09. The van der Waals surface area contributed by atoms with Crippen LogP contribution < -0.4 is 5.56 Å². The van der Waals surface area contributed by atoms with Gasteiger partial charge in [0.15, 0.2) is 0 Å². The number of morpholine rings is 1. The van der Waals surface area contributed by atoms with Gasteiger partial charge in [-0.25, -0.2) is 0 Å². The molecule has 1 aromatic heterocycles. The van der Waals surface area contributed by atoms with Gasteiger partial charge in [-0.05, 0) is 32.0 Å². The molecule has 5 heteroatoms. The molecular formula is C18H20N2O3. The molecule has 2 unspecified atom stereocenters. The Morgan fingerprint density at radius 3 is 2.35 bits per heavy atom. The lowest BCUT2D eigenvalue weighted by molar-refractivity contribution is -0.0586. The van der Waals surface area contributed by atoms with E-state index >= 15 is 0 Å². The van der Waals surface area contributed by atoms with Crippen molar-refractivity contribution in [3.8, 4) is 5.69 Å². The van der Waals surface area contributed by atoms with E-state index in [9.17, 15) is 9.59 Å². The third-order valence-corrected chi connectivity index (χ3v) is 3.90. The second kappa shape index (κ2) is 6.38. The Bertz CT molecular complexity index is 744. The Morgan fingerprint density at radius 1 is 1.04 bits per heavy atom. The van der Waals surface area contributed by atoms with Gasteiger partial charge in [0.05, 0.1) is 17.8 Å². The first-order valence-corrected chi connectivity index (χ1v) is 7.77. The van der Waals surface area contributed by atoms with Gasteiger partial charge in [0, 0.05) is 31.0 Å². The summed E-state index contributed by atoms with van der Waals surface area (Å²) in [4.78, 5) is 26.6. The van der Waals surface area contributed by atoms with Crippen LogP contribution in [0, 0.1) is 0 Å². The van der Waals surface area contributed by atoms with Crippen LogP contribution in [0.25, 0.3) is 5.69 Å². The van der Waals surface area contributed by atoms with E-state index in [4.69, 9.17) is 4.74 Å². The summed E-state index contributed by atoms with van der Waals surface area (Å²) in [6.07, 6.45) is 1.65. The molecule has 0 bridgehead atoms. The number of pyridine rings is 1. The first-order valence-electron chi connectivity index (χ1n) is 7.77. The largest absolute Gasteiger partial charge is 0.372 e. The van der Waals surface area contributed by atoms with Crippen LogP contribution in [-0.4, -0.2) is 40.7 Å². The fraction of sp³-hybridized carbons (Fsp3) is 0.333. The van der Waals surface area contributed by atoms with Gasteiger partial charge in [0.2, 0.25) is 0 Å². The van der Waals surface area contributed by atoms with Crippen molar-refractivity contribution in [2.75, 3.05) is 13.1 Å². The van der Waals surface area contributed by atoms with Gasteiger partial charge in [-0.3, -0.25) is 14.2 Å². The van der Waals surface area contributed by atoms with E-state index in [-0.39, 0.29) is 23.7 Å². The highest BCUT2D eigenvalue weighted by atomic mass is 16.5. The number of rotatable bonds is 2. The second-order valence-corrected chi connectivity index (χ2v) is 5.93. The number of carbonyl (C=O) groups excluding carboxylic acids is 1. The number of carbonyl (C=O) groups is 1. The van der Waals surface area contributed by atoms with E-state index in [1.807, 2.05) is 44.2 Å². The average molecular weight is 312 g/mol. The molecule has 1 aliphatic heterocycles. The van der Waals surface area contributed by atoms with Gasteiger partial charge < -0.3 is 9.64 Å². The summed E-state index contributed by atoms with van der Waals surface area (Å²) in [5.74, 6) is -0.0725. The van der Waals surface area contributed by atoms with Crippen LogP contribution in [0.5, 0.6) is 0 Å². The molecular weight excluding hydrogens is 292 g/mol. The van der Waals surface area contributed by atoms with E-state index in [1.165, 1.54) is 10.6 Å². The van der Waals surface area contributed by atoms with Crippen molar-refractivity contribution >= 4 is 5.91 Å². The van der Waals surface area contributed by atoms with Crippen LogP contribution in [-0.2, 0) is 4.74 Å². The Kier molecular flexibility index (Phi) is 4.30. The van der Waals surface area contributed by atoms with Gasteiger partial charge in [-0.2, -0.15) is 0 Å². The van der Waals surface area contributed by atoms with Crippen molar-refractivity contribution in [1.29, 1.82) is 0 Å². The molecule has 0 aliphatic carbocycles. The molecule has 1 aliphatic rings. The molecule has 0 N–H and O–H groups in total. The van der Waals surface area contributed by atoms with E-state index in [1.54, 1.807) is 17.2 Å².